The molecule has 2 aromatic heterocycles. The van der Waals surface area contributed by atoms with Crippen LogP contribution < -0.4 is 5.32 Å². The van der Waals surface area contributed by atoms with Crippen LogP contribution in [0.15, 0.2) is 55.1 Å². The van der Waals surface area contributed by atoms with Gasteiger partial charge in [-0.05, 0) is 35.9 Å². The summed E-state index contributed by atoms with van der Waals surface area (Å²) in [6, 6.07) is 7.97. The third-order valence-electron chi connectivity index (χ3n) is 3.40. The third kappa shape index (κ3) is 3.99. The lowest BCUT2D eigenvalue weighted by Gasteiger charge is -2.08. The third-order valence-corrected chi connectivity index (χ3v) is 3.40. The van der Waals surface area contributed by atoms with Crippen LogP contribution in [0.5, 0.6) is 0 Å². The quantitative estimate of drug-likeness (QED) is 0.631. The van der Waals surface area contributed by atoms with E-state index in [1.807, 2.05) is 0 Å². The molecule has 0 radical (unpaired) electrons. The molecule has 8 nitrogen and oxygen atoms in total. The fourth-order valence-electron chi connectivity index (χ4n) is 2.25. The van der Waals surface area contributed by atoms with Crippen molar-refractivity contribution in [3.05, 3.63) is 66.2 Å². The second-order valence-corrected chi connectivity index (χ2v) is 5.27. The molecule has 25 heavy (non-hydrogen) atoms. The lowest BCUT2D eigenvalue weighted by molar-refractivity contribution is -0.136. The van der Waals surface area contributed by atoms with Gasteiger partial charge in [0.2, 0.25) is 0 Å². The Morgan fingerprint density at radius 2 is 1.84 bits per heavy atom. The van der Waals surface area contributed by atoms with Crippen molar-refractivity contribution in [1.82, 2.24) is 14.5 Å². The highest BCUT2D eigenvalue weighted by atomic mass is 16.4. The molecule has 0 aliphatic heterocycles. The lowest BCUT2D eigenvalue weighted by atomic mass is 10.2. The average molecular weight is 338 g/mol. The van der Waals surface area contributed by atoms with Crippen molar-refractivity contribution in [2.24, 2.45) is 0 Å². The number of hydrogen-bond acceptors (Lipinski definition) is 5. The normalized spacial score (nSPS) is 10.4. The van der Waals surface area contributed by atoms with Crippen molar-refractivity contribution >= 4 is 23.4 Å². The predicted octanol–water partition coefficient (Wildman–Crippen LogP) is 2.34. The van der Waals surface area contributed by atoms with Gasteiger partial charge >= 0.3 is 11.9 Å². The van der Waals surface area contributed by atoms with Crippen LogP contribution in [-0.2, 0) is 11.2 Å². The average Bonchev–Trinajstić information content (AvgIpc) is 3.03. The van der Waals surface area contributed by atoms with E-state index in [4.69, 9.17) is 10.2 Å². The van der Waals surface area contributed by atoms with Gasteiger partial charge in [-0.25, -0.2) is 9.78 Å². The van der Waals surface area contributed by atoms with Crippen LogP contribution in [-0.4, -0.2) is 36.7 Å². The summed E-state index contributed by atoms with van der Waals surface area (Å²) in [7, 11) is 0. The lowest BCUT2D eigenvalue weighted by Crippen LogP contribution is -2.02. The number of carboxylic acids is 2. The Bertz CT molecular complexity index is 918. The first-order valence-electron chi connectivity index (χ1n) is 7.33. The predicted molar refractivity (Wildman–Crippen MR) is 89.4 cm³/mol. The Morgan fingerprint density at radius 3 is 2.52 bits per heavy atom. The van der Waals surface area contributed by atoms with Gasteiger partial charge in [-0.15, -0.1) is 0 Å². The molecule has 0 fully saturated rings. The largest absolute Gasteiger partial charge is 0.481 e. The molecule has 0 unspecified atom stereocenters. The van der Waals surface area contributed by atoms with Crippen LogP contribution in [0.3, 0.4) is 0 Å². The number of aliphatic carboxylic acids is 1. The first-order valence-corrected chi connectivity index (χ1v) is 7.33. The Kier molecular flexibility index (Phi) is 4.42. The smallest absolute Gasteiger partial charge is 0.335 e. The number of aromatic carboxylic acids is 1. The zero-order valence-electron chi connectivity index (χ0n) is 13.0. The minimum atomic E-state index is -0.988. The number of hydrogen-bond donors (Lipinski definition) is 3. The number of nitrogens with one attached hydrogen (secondary N) is 1. The topological polar surface area (TPSA) is 117 Å². The molecule has 0 saturated carbocycles. The highest BCUT2D eigenvalue weighted by Gasteiger charge is 2.06. The Labute approximate surface area is 142 Å². The number of nitrogens with zero attached hydrogens (tertiary/aromatic N) is 3. The van der Waals surface area contributed by atoms with Crippen LogP contribution in [0, 0.1) is 0 Å². The monoisotopic (exact) mass is 338 g/mol. The first kappa shape index (κ1) is 16.2. The number of carbonyl (C=O) groups is 2. The van der Waals surface area contributed by atoms with Crippen molar-refractivity contribution < 1.29 is 19.8 Å². The maximum atomic E-state index is 10.9. The van der Waals surface area contributed by atoms with Crippen LogP contribution in [0.2, 0.25) is 0 Å². The maximum Gasteiger partial charge on any atom is 0.335 e. The van der Waals surface area contributed by atoms with Crippen molar-refractivity contribution in [1.29, 1.82) is 0 Å². The highest BCUT2D eigenvalue weighted by Crippen LogP contribution is 2.16. The molecule has 2 heterocycles. The summed E-state index contributed by atoms with van der Waals surface area (Å²) in [6.45, 7) is 0. The summed E-state index contributed by atoms with van der Waals surface area (Å²) >= 11 is 0. The zero-order valence-corrected chi connectivity index (χ0v) is 13.0. The SMILES string of the molecule is O=C(O)Cc1ccn(-c2cncc(Nc3ccc(C(=O)O)cc3)n2)c1. The number of anilines is 2. The van der Waals surface area contributed by atoms with Gasteiger partial charge in [-0.3, -0.25) is 9.78 Å². The van der Waals surface area contributed by atoms with Crippen molar-refractivity contribution in [2.75, 3.05) is 5.32 Å². The van der Waals surface area contributed by atoms with Crippen LogP contribution in [0.4, 0.5) is 11.5 Å². The van der Waals surface area contributed by atoms with E-state index in [0.29, 0.717) is 22.9 Å². The Morgan fingerprint density at radius 1 is 1.08 bits per heavy atom. The van der Waals surface area contributed by atoms with Gasteiger partial charge in [-0.2, -0.15) is 0 Å². The number of benzene rings is 1. The molecule has 126 valence electrons. The van der Waals surface area contributed by atoms with Gasteiger partial charge in [0.1, 0.15) is 0 Å². The van der Waals surface area contributed by atoms with Gasteiger partial charge in [0.05, 0.1) is 24.4 Å². The minimum absolute atomic E-state index is 0.0612. The summed E-state index contributed by atoms with van der Waals surface area (Å²) in [6.07, 6.45) is 6.44. The fourth-order valence-corrected chi connectivity index (χ4v) is 2.25. The Balaban J connectivity index is 1.78. The molecule has 3 aromatic rings. The first-order chi connectivity index (χ1) is 12.0. The van der Waals surface area contributed by atoms with Crippen molar-refractivity contribution in [3.8, 4) is 5.82 Å². The highest BCUT2D eigenvalue weighted by molar-refractivity contribution is 5.88. The second kappa shape index (κ2) is 6.83. The van der Waals surface area contributed by atoms with Crippen LogP contribution >= 0.6 is 0 Å². The molecule has 3 rings (SSSR count). The van der Waals surface area contributed by atoms with Gasteiger partial charge in [0.15, 0.2) is 11.6 Å². The summed E-state index contributed by atoms with van der Waals surface area (Å²) in [5, 5.41) is 20.8. The van der Waals surface area contributed by atoms with E-state index in [9.17, 15) is 9.59 Å². The molecular formula is C17H14N4O4. The Hall–Kier alpha value is -3.68. The fraction of sp³-hybridized carbons (Fsp3) is 0.0588. The minimum Gasteiger partial charge on any atom is -0.481 e. The maximum absolute atomic E-state index is 10.9. The molecule has 0 saturated heterocycles. The van der Waals surface area contributed by atoms with Crippen molar-refractivity contribution in [3.63, 3.8) is 0 Å². The summed E-state index contributed by atoms with van der Waals surface area (Å²) in [5.74, 6) is -0.875. The molecule has 0 aliphatic carbocycles. The molecule has 8 heteroatoms. The van der Waals surface area contributed by atoms with E-state index in [-0.39, 0.29) is 12.0 Å². The van der Waals surface area contributed by atoms with Crippen molar-refractivity contribution in [2.45, 2.75) is 6.42 Å². The molecule has 1 aromatic carbocycles. The van der Waals surface area contributed by atoms with E-state index in [2.05, 4.69) is 15.3 Å². The van der Waals surface area contributed by atoms with Gasteiger partial charge < -0.3 is 20.1 Å². The van der Waals surface area contributed by atoms with Crippen LogP contribution in [0.1, 0.15) is 15.9 Å². The van der Waals surface area contributed by atoms with E-state index in [0.717, 1.165) is 0 Å². The van der Waals surface area contributed by atoms with E-state index in [1.54, 1.807) is 41.4 Å². The summed E-state index contributed by atoms with van der Waals surface area (Å²) in [5.41, 5.74) is 1.54. The molecule has 0 spiro atoms. The second-order valence-electron chi connectivity index (χ2n) is 5.27. The molecular weight excluding hydrogens is 324 g/mol. The van der Waals surface area contributed by atoms with E-state index in [1.165, 1.54) is 18.3 Å². The number of rotatable bonds is 6. The summed E-state index contributed by atoms with van der Waals surface area (Å²) < 4.78 is 1.68. The molecule has 0 amide bonds. The van der Waals surface area contributed by atoms with Crippen LogP contribution in [0.25, 0.3) is 5.82 Å². The molecule has 0 atom stereocenters. The van der Waals surface area contributed by atoms with E-state index >= 15 is 0 Å². The number of aromatic nitrogens is 3. The standard InChI is InChI=1S/C17H14N4O4/c22-16(23)7-11-5-6-21(10-11)15-9-18-8-14(20-15)19-13-3-1-12(2-4-13)17(24)25/h1-6,8-10H,7H2,(H,19,20)(H,22,23)(H,24,25). The molecule has 0 bridgehead atoms. The summed E-state index contributed by atoms with van der Waals surface area (Å²) in [4.78, 5) is 30.1. The molecule has 3 N–H and O–H groups in total. The van der Waals surface area contributed by atoms with Gasteiger partial charge in [-0.1, -0.05) is 0 Å². The zero-order chi connectivity index (χ0) is 17.8. The number of carboxylic acid groups (broad SMARTS) is 2. The van der Waals surface area contributed by atoms with Gasteiger partial charge in [0, 0.05) is 18.1 Å². The van der Waals surface area contributed by atoms with E-state index < -0.39 is 11.9 Å². The molecule has 0 aliphatic rings. The van der Waals surface area contributed by atoms with Gasteiger partial charge in [0.25, 0.3) is 0 Å².